The fourth-order valence-corrected chi connectivity index (χ4v) is 3.97. The van der Waals surface area contributed by atoms with Gasteiger partial charge in [0, 0.05) is 28.6 Å². The molecule has 0 aromatic heterocycles. The van der Waals surface area contributed by atoms with Crippen LogP contribution in [0.3, 0.4) is 0 Å². The van der Waals surface area contributed by atoms with Crippen LogP contribution in [-0.2, 0) is 7.05 Å². The molecular weight excluding hydrogens is 326 g/mol. The first kappa shape index (κ1) is 14.8. The third-order valence-electron chi connectivity index (χ3n) is 5.12. The van der Waals surface area contributed by atoms with Crippen molar-refractivity contribution in [3.63, 3.8) is 0 Å². The highest BCUT2D eigenvalue weighted by Crippen LogP contribution is 2.28. The number of nitrogens with zero attached hydrogens (tertiary/aromatic N) is 1. The van der Waals surface area contributed by atoms with Crippen molar-refractivity contribution in [2.45, 2.75) is 0 Å². The molecule has 1 aliphatic heterocycles. The summed E-state index contributed by atoms with van der Waals surface area (Å²) in [7, 11) is 1.46. The van der Waals surface area contributed by atoms with Crippen LogP contribution >= 0.6 is 0 Å². The van der Waals surface area contributed by atoms with E-state index in [9.17, 15) is 14.4 Å². The minimum atomic E-state index is -0.399. The molecule has 124 valence electrons. The van der Waals surface area contributed by atoms with Gasteiger partial charge in [0.15, 0.2) is 5.43 Å². The topological polar surface area (TPSA) is 56.1 Å². The quantitative estimate of drug-likeness (QED) is 0.521. The fraction of sp³-hybridized carbons (Fsp3) is 0.0455. The van der Waals surface area contributed by atoms with Gasteiger partial charge in [0.1, 0.15) is 0 Å². The second-order valence-corrected chi connectivity index (χ2v) is 6.48. The Hall–Kier alpha value is -3.53. The Morgan fingerprint density at radius 1 is 0.577 bits per heavy atom. The molecule has 26 heavy (non-hydrogen) atoms. The molecule has 0 saturated carbocycles. The van der Waals surface area contributed by atoms with E-state index in [0.29, 0.717) is 10.4 Å². The number of hydrogen-bond donors (Lipinski definition) is 0. The Morgan fingerprint density at radius 3 is 1.35 bits per heavy atom. The number of aromatic nitrogens is 1. The molecule has 2 bridgehead atoms. The van der Waals surface area contributed by atoms with E-state index in [1.54, 1.807) is 0 Å². The van der Waals surface area contributed by atoms with Crippen LogP contribution < -0.4 is 27.0 Å². The minimum Gasteiger partial charge on any atom is -0.289 e. The van der Waals surface area contributed by atoms with Crippen molar-refractivity contribution >= 4 is 11.1 Å². The molecule has 1 heterocycles. The van der Waals surface area contributed by atoms with Crippen molar-refractivity contribution < 1.29 is 0 Å². The third-order valence-corrected chi connectivity index (χ3v) is 5.12. The first-order valence-electron chi connectivity index (χ1n) is 8.33. The van der Waals surface area contributed by atoms with E-state index in [1.165, 1.54) is 7.05 Å². The molecule has 4 heteroatoms. The maximum Gasteiger partial charge on any atom is 0.262 e. The molecule has 2 aromatic carbocycles. The molecule has 0 radical (unpaired) electrons. The molecule has 0 amide bonds. The molecule has 5 rings (SSSR count). The van der Waals surface area contributed by atoms with Crippen molar-refractivity contribution in [1.29, 1.82) is 0 Å². The lowest BCUT2D eigenvalue weighted by molar-refractivity contribution is 0.839. The van der Waals surface area contributed by atoms with E-state index in [1.807, 2.05) is 60.7 Å². The summed E-state index contributed by atoms with van der Waals surface area (Å²) in [5.74, 6) is 0. The molecule has 0 atom stereocenters. The molecule has 0 unspecified atom stereocenters. The highest BCUT2D eigenvalue weighted by atomic mass is 16.2. The van der Waals surface area contributed by atoms with Gasteiger partial charge in [-0.25, -0.2) is 0 Å². The van der Waals surface area contributed by atoms with Gasteiger partial charge >= 0.3 is 0 Å². The summed E-state index contributed by atoms with van der Waals surface area (Å²) in [6, 6.07) is 19.1. The van der Waals surface area contributed by atoms with E-state index in [0.717, 1.165) is 26.8 Å². The molecular formula is C22H13NO3. The minimum absolute atomic E-state index is 0.220. The van der Waals surface area contributed by atoms with Gasteiger partial charge in [0.25, 0.3) is 11.1 Å². The number of fused-ring (bicyclic) bond motifs is 4. The van der Waals surface area contributed by atoms with Gasteiger partial charge in [-0.3, -0.25) is 19.0 Å². The molecule has 2 aliphatic carbocycles. The van der Waals surface area contributed by atoms with E-state index < -0.39 is 11.1 Å². The predicted octanol–water partition coefficient (Wildman–Crippen LogP) is 0.118. The third kappa shape index (κ3) is 1.66. The number of benzene rings is 2. The lowest BCUT2D eigenvalue weighted by Crippen LogP contribution is -2.35. The lowest BCUT2D eigenvalue weighted by atomic mass is 9.91. The Bertz CT molecular complexity index is 1410. The highest BCUT2D eigenvalue weighted by Gasteiger charge is 2.28. The summed E-state index contributed by atoms with van der Waals surface area (Å²) in [4.78, 5) is 38.2. The highest BCUT2D eigenvalue weighted by molar-refractivity contribution is 6.06. The van der Waals surface area contributed by atoms with Gasteiger partial charge in [-0.05, 0) is 11.1 Å². The second kappa shape index (κ2) is 4.99. The predicted molar refractivity (Wildman–Crippen MR) is 99.0 cm³/mol. The molecule has 4 nitrogen and oxygen atoms in total. The van der Waals surface area contributed by atoms with E-state index in [4.69, 9.17) is 0 Å². The van der Waals surface area contributed by atoms with E-state index >= 15 is 0 Å². The molecule has 0 spiro atoms. The van der Waals surface area contributed by atoms with Crippen LogP contribution in [0.15, 0.2) is 75.0 Å². The van der Waals surface area contributed by atoms with Crippen LogP contribution in [0.2, 0.25) is 0 Å². The smallest absolute Gasteiger partial charge is 0.262 e. The van der Waals surface area contributed by atoms with Crippen molar-refractivity contribution in [3.05, 3.63) is 124 Å². The van der Waals surface area contributed by atoms with Gasteiger partial charge < -0.3 is 0 Å². The van der Waals surface area contributed by atoms with Crippen LogP contribution in [0.1, 0.15) is 11.1 Å². The average molecular weight is 339 g/mol. The van der Waals surface area contributed by atoms with Crippen LogP contribution in [0.5, 0.6) is 0 Å². The molecule has 0 N–H and O–H groups in total. The molecule has 3 aliphatic rings. The first-order chi connectivity index (χ1) is 12.6. The van der Waals surface area contributed by atoms with Gasteiger partial charge in [-0.1, -0.05) is 60.7 Å². The van der Waals surface area contributed by atoms with E-state index in [2.05, 4.69) is 0 Å². The summed E-state index contributed by atoms with van der Waals surface area (Å²) in [6.45, 7) is 0. The van der Waals surface area contributed by atoms with Crippen LogP contribution in [0, 0.1) is 10.4 Å². The number of hydrogen-bond acceptors (Lipinski definition) is 3. The largest absolute Gasteiger partial charge is 0.289 e. The van der Waals surface area contributed by atoms with Crippen molar-refractivity contribution in [1.82, 2.24) is 4.57 Å². The van der Waals surface area contributed by atoms with Gasteiger partial charge in [-0.2, -0.15) is 0 Å². The summed E-state index contributed by atoms with van der Waals surface area (Å²) < 4.78 is 1.09. The summed E-state index contributed by atoms with van der Waals surface area (Å²) >= 11 is 0. The summed E-state index contributed by atoms with van der Waals surface area (Å²) in [5.41, 5.74) is 2.20. The van der Waals surface area contributed by atoms with Gasteiger partial charge in [0.05, 0.1) is 10.4 Å². The van der Waals surface area contributed by atoms with Crippen molar-refractivity contribution in [3.8, 4) is 0 Å². The monoisotopic (exact) mass is 339 g/mol. The van der Waals surface area contributed by atoms with E-state index in [-0.39, 0.29) is 15.9 Å². The summed E-state index contributed by atoms with van der Waals surface area (Å²) in [5, 5.41) is 1.25. The van der Waals surface area contributed by atoms with Crippen molar-refractivity contribution in [2.75, 3.05) is 0 Å². The molecule has 0 fully saturated rings. The first-order valence-corrected chi connectivity index (χ1v) is 8.33. The van der Waals surface area contributed by atoms with Crippen LogP contribution in [0.25, 0.3) is 11.1 Å². The maximum atomic E-state index is 13.1. The average Bonchev–Trinajstić information content (AvgIpc) is 3.22. The maximum absolute atomic E-state index is 13.1. The Kier molecular flexibility index (Phi) is 2.84. The van der Waals surface area contributed by atoms with Crippen LogP contribution in [0.4, 0.5) is 0 Å². The zero-order valence-corrected chi connectivity index (χ0v) is 13.9. The van der Waals surface area contributed by atoms with Gasteiger partial charge in [0.2, 0.25) is 0 Å². The standard InChI is InChI=1S/C22H13NO3/c1-23-21(25)18-16-14(12-8-4-2-5-9-12)15(13-10-6-3-7-11-13)17(20(16)24)19(18)22(23)26/h2-11H,1H3. The Morgan fingerprint density at radius 2 is 0.962 bits per heavy atom. The van der Waals surface area contributed by atoms with Crippen molar-refractivity contribution in [2.24, 2.45) is 7.05 Å². The lowest BCUT2D eigenvalue weighted by Gasteiger charge is -2.11. The fourth-order valence-electron chi connectivity index (χ4n) is 3.97. The van der Waals surface area contributed by atoms with Gasteiger partial charge in [-0.15, -0.1) is 0 Å². The Labute approximate surface area is 146 Å². The second-order valence-electron chi connectivity index (χ2n) is 6.48. The SMILES string of the molecule is Cn1c(=O)c2c3c(=O)c(c=2c1=O)=C(c1ccccc1)C=3c1ccccc1. The molecule has 0 saturated heterocycles. The Balaban J connectivity index is 2.14. The van der Waals surface area contributed by atoms with Crippen LogP contribution in [-0.4, -0.2) is 4.57 Å². The normalized spacial score (nSPS) is 13.1. The summed E-state index contributed by atoms with van der Waals surface area (Å²) in [6.07, 6.45) is 0. The zero-order chi connectivity index (χ0) is 18.0. The molecule has 2 aromatic rings. The zero-order valence-electron chi connectivity index (χ0n) is 13.9. The number of rotatable bonds is 2.